The Morgan fingerprint density at radius 2 is 2.12 bits per heavy atom. The number of aliphatic hydroxyl groups is 1. The van der Waals surface area contributed by atoms with Crippen molar-refractivity contribution in [3.05, 3.63) is 69.3 Å². The molecule has 8 nitrogen and oxygen atoms in total. The van der Waals surface area contributed by atoms with E-state index in [-0.39, 0.29) is 17.5 Å². The highest BCUT2D eigenvalue weighted by molar-refractivity contribution is 14.1. The van der Waals surface area contributed by atoms with Crippen LogP contribution in [0.15, 0.2) is 68.9 Å². The second kappa shape index (κ2) is 11.1. The summed E-state index contributed by atoms with van der Waals surface area (Å²) in [5.41, 5.74) is 1.45. The normalized spacial score (nSPS) is 16.8. The minimum atomic E-state index is -1.10. The van der Waals surface area contributed by atoms with Gasteiger partial charge in [0.05, 0.1) is 38.2 Å². The van der Waals surface area contributed by atoms with Crippen molar-refractivity contribution in [3.8, 4) is 12.3 Å². The van der Waals surface area contributed by atoms with Crippen LogP contribution in [0.1, 0.15) is 33.3 Å². The molecule has 1 aromatic heterocycles. The van der Waals surface area contributed by atoms with E-state index in [0.717, 1.165) is 0 Å². The summed E-state index contributed by atoms with van der Waals surface area (Å²) < 4.78 is 1.87. The summed E-state index contributed by atoms with van der Waals surface area (Å²) in [6.45, 7) is 7.07. The van der Waals surface area contributed by atoms with Crippen LogP contribution >= 0.6 is 22.6 Å². The van der Waals surface area contributed by atoms with E-state index in [4.69, 9.17) is 17.0 Å². The number of carbonyl (C=O) groups excluding carboxylic acids is 1. The molecule has 1 heterocycles. The molecule has 1 aromatic rings. The minimum absolute atomic E-state index is 0.0331. The van der Waals surface area contributed by atoms with Crippen molar-refractivity contribution in [2.24, 2.45) is 11.1 Å². The van der Waals surface area contributed by atoms with Gasteiger partial charge in [-0.3, -0.25) is 4.79 Å². The third-order valence-electron chi connectivity index (χ3n) is 4.62. The van der Waals surface area contributed by atoms with Crippen molar-refractivity contribution >= 4 is 45.6 Å². The maximum absolute atomic E-state index is 12.8. The fourth-order valence-electron chi connectivity index (χ4n) is 2.70. The van der Waals surface area contributed by atoms with E-state index >= 15 is 0 Å². The highest BCUT2D eigenvalue weighted by Gasteiger charge is 2.23. The molecule has 4 N–H and O–H groups in total. The Hall–Kier alpha value is -3.23. The number of halogens is 1. The fourth-order valence-corrected chi connectivity index (χ4v) is 3.05. The highest BCUT2D eigenvalue weighted by atomic mass is 127. The molecule has 1 aliphatic rings. The smallest absolute Gasteiger partial charge is 0.261 e. The van der Waals surface area contributed by atoms with Crippen LogP contribution in [0, 0.1) is 23.7 Å². The van der Waals surface area contributed by atoms with Gasteiger partial charge in [-0.15, -0.1) is 6.42 Å². The van der Waals surface area contributed by atoms with Crippen molar-refractivity contribution in [2.75, 3.05) is 0 Å². The molecule has 0 bridgehead atoms. The number of hydrogen-bond donors (Lipinski definition) is 4. The summed E-state index contributed by atoms with van der Waals surface area (Å²) in [4.78, 5) is 12.8. The standard InChI is InChI=1S/C24H26IN5O3/c1-6-8-16-11-21(28-23(31)18(25)9-7-10-20(29-33)15(2)3)22(12-19(16)26)30-14-17(13-27-30)24(4,5)32/h1,7-15,26,32-33H,2-5H3,(H,28,31)/b10-7-,16-8-,18-9-,26-19?,29-20-. The van der Waals surface area contributed by atoms with Gasteiger partial charge < -0.3 is 21.0 Å². The molecule has 1 amide bonds. The Labute approximate surface area is 206 Å². The Morgan fingerprint density at radius 1 is 1.42 bits per heavy atom. The number of rotatable bonds is 7. The number of oxime groups is 1. The second-order valence-corrected chi connectivity index (χ2v) is 9.17. The van der Waals surface area contributed by atoms with Crippen LogP contribution in [0.4, 0.5) is 0 Å². The van der Waals surface area contributed by atoms with Crippen molar-refractivity contribution in [3.63, 3.8) is 0 Å². The molecule has 0 saturated heterocycles. The molecular weight excluding hydrogens is 533 g/mol. The molecule has 0 aromatic carbocycles. The molecule has 172 valence electrons. The second-order valence-electron chi connectivity index (χ2n) is 8.01. The zero-order valence-corrected chi connectivity index (χ0v) is 21.0. The third kappa shape index (κ3) is 6.87. The maximum atomic E-state index is 12.8. The molecule has 0 radical (unpaired) electrons. The third-order valence-corrected chi connectivity index (χ3v) is 5.47. The summed E-state index contributed by atoms with van der Waals surface area (Å²) in [7, 11) is 0. The van der Waals surface area contributed by atoms with Gasteiger partial charge in [0.15, 0.2) is 0 Å². The van der Waals surface area contributed by atoms with E-state index in [1.807, 2.05) is 36.4 Å². The number of amides is 1. The van der Waals surface area contributed by atoms with Crippen molar-refractivity contribution in [1.82, 2.24) is 15.1 Å². The predicted molar refractivity (Wildman–Crippen MR) is 138 cm³/mol. The monoisotopic (exact) mass is 559 g/mol. The summed E-state index contributed by atoms with van der Waals surface area (Å²) in [6.07, 6.45) is 18.0. The molecule has 0 unspecified atom stereocenters. The van der Waals surface area contributed by atoms with Gasteiger partial charge in [0.25, 0.3) is 5.91 Å². The molecule has 1 aliphatic carbocycles. The van der Waals surface area contributed by atoms with Gasteiger partial charge in [0.1, 0.15) is 0 Å². The van der Waals surface area contributed by atoms with Crippen molar-refractivity contribution in [2.45, 2.75) is 33.3 Å². The summed E-state index contributed by atoms with van der Waals surface area (Å²) in [5.74, 6) is 2.05. The van der Waals surface area contributed by atoms with Gasteiger partial charge in [-0.1, -0.05) is 31.0 Å². The van der Waals surface area contributed by atoms with E-state index in [1.54, 1.807) is 50.4 Å². The molecule has 0 saturated carbocycles. The molecule has 9 heteroatoms. The average Bonchev–Trinajstić information content (AvgIpc) is 3.23. The zero-order chi connectivity index (χ0) is 24.8. The topological polar surface area (TPSA) is 124 Å². The van der Waals surface area contributed by atoms with Crippen molar-refractivity contribution < 1.29 is 15.1 Å². The number of terminal acetylenes is 1. The molecule has 0 atom stereocenters. The van der Waals surface area contributed by atoms with Crippen LogP contribution in [0.2, 0.25) is 0 Å². The van der Waals surface area contributed by atoms with Crippen LogP contribution < -0.4 is 5.32 Å². The number of nitrogens with one attached hydrogen (secondary N) is 2. The number of allylic oxidation sites excluding steroid dienone is 8. The van der Waals surface area contributed by atoms with Gasteiger partial charge in [0.2, 0.25) is 0 Å². The number of hydrogen-bond acceptors (Lipinski definition) is 6. The van der Waals surface area contributed by atoms with Gasteiger partial charge in [-0.05, 0) is 72.7 Å². The maximum Gasteiger partial charge on any atom is 0.261 e. The predicted octanol–water partition coefficient (Wildman–Crippen LogP) is 3.91. The van der Waals surface area contributed by atoms with E-state index in [2.05, 4.69) is 21.5 Å². The first-order chi connectivity index (χ1) is 15.5. The zero-order valence-electron chi connectivity index (χ0n) is 18.8. The number of nitrogens with zero attached hydrogens (tertiary/aromatic N) is 3. The summed E-state index contributed by atoms with van der Waals surface area (Å²) in [5, 5.41) is 37.9. The van der Waals surface area contributed by atoms with Crippen LogP contribution in [0.3, 0.4) is 0 Å². The number of carbonyl (C=O) groups is 1. The Balaban J connectivity index is 2.36. The van der Waals surface area contributed by atoms with E-state index in [9.17, 15) is 9.90 Å². The average molecular weight is 559 g/mol. The quantitative estimate of drug-likeness (QED) is 0.0770. The largest absolute Gasteiger partial charge is 0.411 e. The van der Waals surface area contributed by atoms with Gasteiger partial charge in [-0.2, -0.15) is 5.10 Å². The lowest BCUT2D eigenvalue weighted by molar-refractivity contribution is -0.115. The Kier molecular flexibility index (Phi) is 8.73. The molecule has 0 aliphatic heterocycles. The van der Waals surface area contributed by atoms with E-state index in [1.165, 1.54) is 17.0 Å². The lowest BCUT2D eigenvalue weighted by Crippen LogP contribution is -2.27. The molecule has 0 spiro atoms. The van der Waals surface area contributed by atoms with Crippen LogP contribution in [0.25, 0.3) is 5.70 Å². The Bertz CT molecular complexity index is 1170. The van der Waals surface area contributed by atoms with Crippen LogP contribution in [-0.4, -0.2) is 37.4 Å². The Morgan fingerprint density at radius 3 is 2.67 bits per heavy atom. The molecule has 0 fully saturated rings. The molecule has 2 rings (SSSR count). The summed E-state index contributed by atoms with van der Waals surface area (Å²) in [6, 6.07) is 0. The lowest BCUT2D eigenvalue weighted by atomic mass is 10.0. The van der Waals surface area contributed by atoms with Crippen LogP contribution in [-0.2, 0) is 10.4 Å². The first-order valence-electron chi connectivity index (χ1n) is 10.0. The van der Waals surface area contributed by atoms with Crippen LogP contribution in [0.5, 0.6) is 0 Å². The van der Waals surface area contributed by atoms with Gasteiger partial charge in [-0.25, -0.2) is 4.68 Å². The first-order valence-corrected chi connectivity index (χ1v) is 11.1. The summed E-state index contributed by atoms with van der Waals surface area (Å²) >= 11 is 1.91. The number of aromatic nitrogens is 2. The van der Waals surface area contributed by atoms with Gasteiger partial charge >= 0.3 is 0 Å². The van der Waals surface area contributed by atoms with E-state index in [0.29, 0.717) is 31.8 Å². The fraction of sp³-hybridized carbons (Fsp3) is 0.250. The molecular formula is C24H26IN5O3. The minimum Gasteiger partial charge on any atom is -0.411 e. The SMILES string of the molecule is C#C/C=C1/C=C(NC(=O)/C(I)=C/C=C\C(=N\O)C(C)C)C(n2cc(C(C)(C)O)cn2)=CC1=N. The van der Waals surface area contributed by atoms with E-state index < -0.39 is 5.60 Å². The highest BCUT2D eigenvalue weighted by Crippen LogP contribution is 2.26. The first kappa shape index (κ1) is 26.0. The van der Waals surface area contributed by atoms with Crippen molar-refractivity contribution in [1.29, 1.82) is 5.41 Å². The van der Waals surface area contributed by atoms with Gasteiger partial charge in [0, 0.05) is 17.3 Å². The lowest BCUT2D eigenvalue weighted by Gasteiger charge is -2.19. The molecule has 33 heavy (non-hydrogen) atoms.